The van der Waals surface area contributed by atoms with Crippen LogP contribution in [0.15, 0.2) is 58.8 Å². The number of aromatic nitrogens is 1. The summed E-state index contributed by atoms with van der Waals surface area (Å²) in [6.45, 7) is 2.13. The van der Waals surface area contributed by atoms with Crippen LogP contribution in [0.1, 0.15) is 42.5 Å². The van der Waals surface area contributed by atoms with E-state index in [1.54, 1.807) is 6.07 Å². The molecular weight excluding hydrogens is 391 g/mol. The molecular formula is C22H18Cl2N4. The van der Waals surface area contributed by atoms with Gasteiger partial charge in [0.05, 0.1) is 15.4 Å². The lowest BCUT2D eigenvalue weighted by molar-refractivity contribution is 0.840. The fourth-order valence-electron chi connectivity index (χ4n) is 3.99. The lowest BCUT2D eigenvalue weighted by Gasteiger charge is -2.16. The first-order valence-electron chi connectivity index (χ1n) is 9.30. The van der Waals surface area contributed by atoms with Gasteiger partial charge in [0, 0.05) is 40.2 Å². The Bertz CT molecular complexity index is 1240. The minimum absolute atomic E-state index is 0.255. The SMILES string of the molecule is CCC1=NNc2[nH]cc3c2C(=c2ccccc2=NC3c2cccc(Cl)c2Cl)C1. The molecule has 2 aliphatic heterocycles. The van der Waals surface area contributed by atoms with Crippen molar-refractivity contribution in [1.82, 2.24) is 4.98 Å². The summed E-state index contributed by atoms with van der Waals surface area (Å²) in [7, 11) is 0. The van der Waals surface area contributed by atoms with Crippen molar-refractivity contribution >= 4 is 40.3 Å². The molecule has 0 saturated heterocycles. The number of nitrogens with one attached hydrogen (secondary N) is 2. The lowest BCUT2D eigenvalue weighted by atomic mass is 9.91. The van der Waals surface area contributed by atoms with Crippen LogP contribution in [0.25, 0.3) is 5.57 Å². The molecule has 2 aliphatic rings. The molecule has 6 heteroatoms. The Labute approximate surface area is 172 Å². The van der Waals surface area contributed by atoms with Gasteiger partial charge in [-0.05, 0) is 24.1 Å². The van der Waals surface area contributed by atoms with E-state index in [9.17, 15) is 0 Å². The minimum Gasteiger partial charge on any atom is -0.346 e. The van der Waals surface area contributed by atoms with E-state index >= 15 is 0 Å². The number of fused-ring (bicyclic) bond motifs is 1. The number of hydrogen-bond acceptors (Lipinski definition) is 3. The molecule has 2 aromatic carbocycles. The van der Waals surface area contributed by atoms with Gasteiger partial charge in [-0.1, -0.05) is 60.5 Å². The summed E-state index contributed by atoms with van der Waals surface area (Å²) in [5.74, 6) is 0.892. The van der Waals surface area contributed by atoms with Gasteiger partial charge in [0.15, 0.2) is 0 Å². The van der Waals surface area contributed by atoms with E-state index in [1.807, 2.05) is 24.4 Å². The van der Waals surface area contributed by atoms with Gasteiger partial charge in [-0.3, -0.25) is 10.4 Å². The Morgan fingerprint density at radius 3 is 2.79 bits per heavy atom. The van der Waals surface area contributed by atoms with Crippen molar-refractivity contribution in [2.75, 3.05) is 5.43 Å². The molecule has 1 aromatic heterocycles. The first-order chi connectivity index (χ1) is 13.7. The summed E-state index contributed by atoms with van der Waals surface area (Å²) < 4.78 is 0. The monoisotopic (exact) mass is 408 g/mol. The number of nitrogens with zero attached hydrogens (tertiary/aromatic N) is 2. The smallest absolute Gasteiger partial charge is 0.131 e. The molecule has 0 radical (unpaired) electrons. The zero-order valence-electron chi connectivity index (χ0n) is 15.3. The van der Waals surface area contributed by atoms with Crippen LogP contribution in [0.3, 0.4) is 0 Å². The maximum absolute atomic E-state index is 6.60. The van der Waals surface area contributed by atoms with Gasteiger partial charge in [0.25, 0.3) is 0 Å². The highest BCUT2D eigenvalue weighted by Crippen LogP contribution is 2.41. The first-order valence-corrected chi connectivity index (χ1v) is 10.1. The Morgan fingerprint density at radius 2 is 1.93 bits per heavy atom. The summed E-state index contributed by atoms with van der Waals surface area (Å²) in [5, 5.41) is 7.76. The van der Waals surface area contributed by atoms with Crippen LogP contribution in [0.5, 0.6) is 0 Å². The fourth-order valence-corrected chi connectivity index (χ4v) is 4.40. The molecule has 0 amide bonds. The summed E-state index contributed by atoms with van der Waals surface area (Å²) in [5.41, 5.74) is 8.65. The topological polar surface area (TPSA) is 52.5 Å². The molecule has 2 N–H and O–H groups in total. The quantitative estimate of drug-likeness (QED) is 0.626. The Morgan fingerprint density at radius 1 is 1.07 bits per heavy atom. The molecule has 28 heavy (non-hydrogen) atoms. The highest BCUT2D eigenvalue weighted by atomic mass is 35.5. The van der Waals surface area contributed by atoms with Gasteiger partial charge in [-0.15, -0.1) is 0 Å². The third-order valence-electron chi connectivity index (χ3n) is 5.40. The zero-order valence-corrected chi connectivity index (χ0v) is 16.8. The molecule has 140 valence electrons. The number of halogens is 2. The van der Waals surface area contributed by atoms with Crippen LogP contribution in [-0.2, 0) is 0 Å². The third-order valence-corrected chi connectivity index (χ3v) is 6.23. The van der Waals surface area contributed by atoms with Gasteiger partial charge in [0.2, 0.25) is 0 Å². The van der Waals surface area contributed by atoms with E-state index in [2.05, 4.69) is 40.6 Å². The molecule has 4 nitrogen and oxygen atoms in total. The second kappa shape index (κ2) is 6.80. The Hall–Kier alpha value is -2.56. The highest BCUT2D eigenvalue weighted by molar-refractivity contribution is 6.42. The van der Waals surface area contributed by atoms with Gasteiger partial charge in [-0.2, -0.15) is 5.10 Å². The van der Waals surface area contributed by atoms with Crippen molar-refractivity contribution in [1.29, 1.82) is 0 Å². The average molecular weight is 409 g/mol. The van der Waals surface area contributed by atoms with Crippen molar-refractivity contribution in [3.8, 4) is 0 Å². The van der Waals surface area contributed by atoms with Crippen molar-refractivity contribution in [3.05, 3.63) is 86.0 Å². The van der Waals surface area contributed by atoms with E-state index in [-0.39, 0.29) is 6.04 Å². The van der Waals surface area contributed by atoms with Crippen LogP contribution in [0, 0.1) is 0 Å². The summed E-state index contributed by atoms with van der Waals surface area (Å²) >= 11 is 12.9. The van der Waals surface area contributed by atoms with Gasteiger partial charge in [0.1, 0.15) is 11.9 Å². The number of para-hydroxylation sites is 1. The van der Waals surface area contributed by atoms with Crippen LogP contribution >= 0.6 is 23.2 Å². The van der Waals surface area contributed by atoms with Crippen LogP contribution in [0.2, 0.25) is 10.0 Å². The minimum atomic E-state index is -0.255. The number of benzene rings is 2. The molecule has 1 atom stereocenters. The molecule has 0 fully saturated rings. The predicted octanol–water partition coefficient (Wildman–Crippen LogP) is 4.82. The maximum atomic E-state index is 6.60. The normalized spacial score (nSPS) is 17.5. The number of hydrazone groups is 1. The number of aromatic amines is 1. The van der Waals surface area contributed by atoms with E-state index in [4.69, 9.17) is 28.2 Å². The second-order valence-electron chi connectivity index (χ2n) is 6.98. The maximum Gasteiger partial charge on any atom is 0.131 e. The number of rotatable bonds is 2. The van der Waals surface area contributed by atoms with E-state index < -0.39 is 0 Å². The van der Waals surface area contributed by atoms with Gasteiger partial charge < -0.3 is 4.98 Å². The average Bonchev–Trinajstić information content (AvgIpc) is 2.97. The van der Waals surface area contributed by atoms with Crippen LogP contribution < -0.4 is 16.0 Å². The van der Waals surface area contributed by atoms with Crippen molar-refractivity contribution < 1.29 is 0 Å². The number of hydrogen-bond donors (Lipinski definition) is 2. The molecule has 0 saturated carbocycles. The first kappa shape index (κ1) is 17.5. The fraction of sp³-hybridized carbons (Fsp3) is 0.182. The standard InChI is InChI=1S/C22H18Cl2N4/c1-2-12-10-15-13-6-3-4-9-18(13)26-21(14-7-5-8-17(23)20(14)24)16-11-25-22(19(15)16)28-27-12/h3-9,11,21,25,28H,2,10H2,1H3. The van der Waals surface area contributed by atoms with Crippen molar-refractivity contribution in [3.63, 3.8) is 0 Å². The summed E-state index contributed by atoms with van der Waals surface area (Å²) in [6, 6.07) is 13.7. The van der Waals surface area contributed by atoms with Crippen molar-refractivity contribution in [2.45, 2.75) is 25.8 Å². The highest BCUT2D eigenvalue weighted by Gasteiger charge is 2.29. The van der Waals surface area contributed by atoms with Gasteiger partial charge in [-0.25, -0.2) is 0 Å². The predicted molar refractivity (Wildman–Crippen MR) is 115 cm³/mol. The van der Waals surface area contributed by atoms with E-state index in [0.29, 0.717) is 10.0 Å². The van der Waals surface area contributed by atoms with Gasteiger partial charge >= 0.3 is 0 Å². The Kier molecular flexibility index (Phi) is 4.26. The third kappa shape index (κ3) is 2.67. The largest absolute Gasteiger partial charge is 0.346 e. The molecule has 3 aromatic rings. The number of H-pyrrole nitrogens is 1. The molecule has 1 unspecified atom stereocenters. The number of anilines is 1. The van der Waals surface area contributed by atoms with Crippen LogP contribution in [0.4, 0.5) is 5.82 Å². The second-order valence-corrected chi connectivity index (χ2v) is 7.77. The lowest BCUT2D eigenvalue weighted by Crippen LogP contribution is -2.27. The Balaban J connectivity index is 1.86. The molecule has 0 spiro atoms. The zero-order chi connectivity index (χ0) is 19.3. The molecule has 0 bridgehead atoms. The summed E-state index contributed by atoms with van der Waals surface area (Å²) in [6.07, 6.45) is 3.67. The molecule has 5 rings (SSSR count). The van der Waals surface area contributed by atoms with Crippen LogP contribution in [-0.4, -0.2) is 10.7 Å². The van der Waals surface area contributed by atoms with Crippen molar-refractivity contribution in [2.24, 2.45) is 10.1 Å². The van der Waals surface area contributed by atoms with E-state index in [0.717, 1.165) is 51.6 Å². The van der Waals surface area contributed by atoms with E-state index in [1.165, 1.54) is 5.57 Å². The summed E-state index contributed by atoms with van der Waals surface area (Å²) in [4.78, 5) is 8.47. The molecule has 3 heterocycles. The molecule has 0 aliphatic carbocycles.